The van der Waals surface area contributed by atoms with Crippen molar-refractivity contribution in [2.24, 2.45) is 0 Å². The number of carbonyl (C=O) groups is 3. The second kappa shape index (κ2) is 8.70. The first-order valence-electron chi connectivity index (χ1n) is 6.50. The van der Waals surface area contributed by atoms with Crippen molar-refractivity contribution in [3.8, 4) is 0 Å². The van der Waals surface area contributed by atoms with Crippen LogP contribution in [-0.2, 0) is 14.3 Å². The van der Waals surface area contributed by atoms with E-state index in [9.17, 15) is 14.4 Å². The van der Waals surface area contributed by atoms with Gasteiger partial charge in [0.15, 0.2) is 0 Å². The Morgan fingerprint density at radius 3 is 2.43 bits per heavy atom. The number of aliphatic carboxylic acids is 1. The van der Waals surface area contributed by atoms with Gasteiger partial charge in [0.1, 0.15) is 6.54 Å². The molecule has 0 heterocycles. The monoisotopic (exact) mass is 294 g/mol. The molecule has 0 radical (unpaired) electrons. The van der Waals surface area contributed by atoms with Gasteiger partial charge in [0.05, 0.1) is 13.0 Å². The van der Waals surface area contributed by atoms with Crippen LogP contribution in [0.5, 0.6) is 0 Å². The van der Waals surface area contributed by atoms with Crippen LogP contribution in [0.3, 0.4) is 0 Å². The number of anilines is 1. The van der Waals surface area contributed by atoms with Gasteiger partial charge >= 0.3 is 5.97 Å². The average molecular weight is 294 g/mol. The van der Waals surface area contributed by atoms with Gasteiger partial charge in [-0.2, -0.15) is 0 Å². The predicted octanol–water partition coefficient (Wildman–Crippen LogP) is 0.866. The van der Waals surface area contributed by atoms with Gasteiger partial charge in [-0.1, -0.05) is 0 Å². The molecule has 0 unspecified atom stereocenters. The van der Waals surface area contributed by atoms with E-state index < -0.39 is 18.4 Å². The molecule has 0 fully saturated rings. The van der Waals surface area contributed by atoms with Gasteiger partial charge in [0, 0.05) is 17.9 Å². The Bertz CT molecular complexity index is 499. The Labute approximate surface area is 122 Å². The number of carbonyl (C=O) groups excluding carboxylic acids is 2. The first kappa shape index (κ1) is 16.6. The third-order valence-electron chi connectivity index (χ3n) is 2.51. The first-order valence-corrected chi connectivity index (χ1v) is 6.50. The second-order valence-corrected chi connectivity index (χ2v) is 4.15. The lowest BCUT2D eigenvalue weighted by Crippen LogP contribution is -2.29. The van der Waals surface area contributed by atoms with Crippen LogP contribution in [0, 0.1) is 0 Å². The Kier molecular flexibility index (Phi) is 6.90. The third kappa shape index (κ3) is 6.53. The van der Waals surface area contributed by atoms with Crippen LogP contribution >= 0.6 is 0 Å². The van der Waals surface area contributed by atoms with Gasteiger partial charge < -0.3 is 20.5 Å². The van der Waals surface area contributed by atoms with Crippen LogP contribution in [0.2, 0.25) is 0 Å². The Morgan fingerprint density at radius 2 is 1.86 bits per heavy atom. The van der Waals surface area contributed by atoms with E-state index in [0.717, 1.165) is 0 Å². The van der Waals surface area contributed by atoms with Gasteiger partial charge in [-0.3, -0.25) is 14.4 Å². The van der Waals surface area contributed by atoms with Crippen molar-refractivity contribution in [3.63, 3.8) is 0 Å². The summed E-state index contributed by atoms with van der Waals surface area (Å²) in [5.41, 5.74) is 0.884. The fraction of sp³-hybridized carbons (Fsp3) is 0.357. The minimum Gasteiger partial charge on any atom is -0.480 e. The van der Waals surface area contributed by atoms with E-state index in [1.807, 2.05) is 6.92 Å². The highest BCUT2D eigenvalue weighted by molar-refractivity contribution is 5.97. The molecule has 7 nitrogen and oxygen atoms in total. The molecule has 7 heteroatoms. The third-order valence-corrected chi connectivity index (χ3v) is 2.51. The highest BCUT2D eigenvalue weighted by atomic mass is 16.5. The van der Waals surface area contributed by atoms with Gasteiger partial charge in [0.2, 0.25) is 5.91 Å². The normalized spacial score (nSPS) is 9.95. The minimum atomic E-state index is -1.11. The Hall–Kier alpha value is -2.41. The number of amides is 2. The largest absolute Gasteiger partial charge is 0.480 e. The van der Waals surface area contributed by atoms with E-state index in [4.69, 9.17) is 9.84 Å². The number of carboxylic acids is 1. The van der Waals surface area contributed by atoms with Gasteiger partial charge in [-0.05, 0) is 31.2 Å². The van der Waals surface area contributed by atoms with Crippen molar-refractivity contribution in [3.05, 3.63) is 29.8 Å². The first-order chi connectivity index (χ1) is 10.0. The maximum Gasteiger partial charge on any atom is 0.322 e. The van der Waals surface area contributed by atoms with Crippen LogP contribution in [-0.4, -0.2) is 42.6 Å². The molecule has 0 bridgehead atoms. The molecule has 0 aliphatic carbocycles. The molecular formula is C14H18N2O5. The molecule has 21 heavy (non-hydrogen) atoms. The van der Waals surface area contributed by atoms with E-state index in [1.54, 1.807) is 12.1 Å². The molecule has 0 saturated carbocycles. The number of hydrogen-bond acceptors (Lipinski definition) is 4. The lowest BCUT2D eigenvalue weighted by atomic mass is 10.2. The summed E-state index contributed by atoms with van der Waals surface area (Å²) in [6.07, 6.45) is 0.259. The highest BCUT2D eigenvalue weighted by Crippen LogP contribution is 2.10. The van der Waals surface area contributed by atoms with Crippen molar-refractivity contribution in [1.29, 1.82) is 0 Å². The molecule has 0 aliphatic rings. The fourth-order valence-corrected chi connectivity index (χ4v) is 1.50. The molecule has 3 N–H and O–H groups in total. The van der Waals surface area contributed by atoms with Crippen molar-refractivity contribution in [2.45, 2.75) is 13.3 Å². The van der Waals surface area contributed by atoms with Gasteiger partial charge in [0.25, 0.3) is 5.91 Å². The van der Waals surface area contributed by atoms with Crippen LogP contribution in [0.1, 0.15) is 23.7 Å². The summed E-state index contributed by atoms with van der Waals surface area (Å²) in [4.78, 5) is 33.5. The summed E-state index contributed by atoms with van der Waals surface area (Å²) in [6.45, 7) is 2.34. The van der Waals surface area contributed by atoms with Crippen molar-refractivity contribution < 1.29 is 24.2 Å². The van der Waals surface area contributed by atoms with Crippen LogP contribution in [0.25, 0.3) is 0 Å². The quantitative estimate of drug-likeness (QED) is 0.617. The van der Waals surface area contributed by atoms with Crippen molar-refractivity contribution in [2.75, 3.05) is 25.1 Å². The zero-order valence-corrected chi connectivity index (χ0v) is 11.7. The summed E-state index contributed by atoms with van der Waals surface area (Å²) in [5, 5.41) is 13.4. The smallest absolute Gasteiger partial charge is 0.322 e. The molecule has 0 saturated heterocycles. The van der Waals surface area contributed by atoms with Gasteiger partial charge in [-0.15, -0.1) is 0 Å². The van der Waals surface area contributed by atoms with E-state index in [1.165, 1.54) is 12.1 Å². The summed E-state index contributed by atoms with van der Waals surface area (Å²) in [6, 6.07) is 6.17. The molecule has 1 aromatic carbocycles. The van der Waals surface area contributed by atoms with Crippen molar-refractivity contribution in [1.82, 2.24) is 5.32 Å². The number of rotatable bonds is 8. The molecule has 2 amide bonds. The lowest BCUT2D eigenvalue weighted by Gasteiger charge is -2.07. The predicted molar refractivity (Wildman–Crippen MR) is 76.2 cm³/mol. The second-order valence-electron chi connectivity index (χ2n) is 4.15. The molecular weight excluding hydrogens is 276 g/mol. The highest BCUT2D eigenvalue weighted by Gasteiger charge is 2.07. The zero-order valence-electron chi connectivity index (χ0n) is 11.7. The fourth-order valence-electron chi connectivity index (χ4n) is 1.50. The van der Waals surface area contributed by atoms with Crippen molar-refractivity contribution >= 4 is 23.5 Å². The topological polar surface area (TPSA) is 105 Å². The zero-order chi connectivity index (χ0) is 15.7. The number of nitrogens with one attached hydrogen (secondary N) is 2. The SMILES string of the molecule is CCOCCC(=O)Nc1ccc(C(=O)NCC(=O)O)cc1. The van der Waals surface area contributed by atoms with Crippen LogP contribution in [0.4, 0.5) is 5.69 Å². The Morgan fingerprint density at radius 1 is 1.19 bits per heavy atom. The minimum absolute atomic E-state index is 0.175. The van der Waals surface area contributed by atoms with E-state index >= 15 is 0 Å². The molecule has 0 spiro atoms. The van der Waals surface area contributed by atoms with E-state index in [-0.39, 0.29) is 12.3 Å². The maximum atomic E-state index is 11.6. The van der Waals surface area contributed by atoms with Gasteiger partial charge in [-0.25, -0.2) is 0 Å². The Balaban J connectivity index is 2.48. The summed E-state index contributed by atoms with van der Waals surface area (Å²) >= 11 is 0. The maximum absolute atomic E-state index is 11.6. The molecule has 0 aromatic heterocycles. The lowest BCUT2D eigenvalue weighted by molar-refractivity contribution is -0.135. The number of hydrogen-bond donors (Lipinski definition) is 3. The number of carboxylic acid groups (broad SMARTS) is 1. The van der Waals surface area contributed by atoms with Crippen LogP contribution < -0.4 is 10.6 Å². The summed E-state index contributed by atoms with van der Waals surface area (Å²) in [7, 11) is 0. The molecule has 114 valence electrons. The van der Waals surface area contributed by atoms with Crippen LogP contribution in [0.15, 0.2) is 24.3 Å². The molecule has 1 aromatic rings. The summed E-state index contributed by atoms with van der Waals surface area (Å²) < 4.78 is 5.08. The number of ether oxygens (including phenoxy) is 1. The molecule has 1 rings (SSSR count). The number of benzene rings is 1. The standard InChI is InChI=1S/C14H18N2O5/c1-2-21-8-7-12(17)16-11-5-3-10(4-6-11)14(20)15-9-13(18)19/h3-6H,2,7-9H2,1H3,(H,15,20)(H,16,17)(H,18,19). The molecule has 0 aliphatic heterocycles. The molecule has 0 atom stereocenters. The average Bonchev–Trinajstić information content (AvgIpc) is 2.45. The van der Waals surface area contributed by atoms with E-state index in [2.05, 4.69) is 10.6 Å². The van der Waals surface area contributed by atoms with E-state index in [0.29, 0.717) is 24.5 Å². The summed E-state index contributed by atoms with van der Waals surface area (Å²) in [5.74, 6) is -1.76.